The van der Waals surface area contributed by atoms with Crippen molar-refractivity contribution in [2.75, 3.05) is 13.7 Å². The Morgan fingerprint density at radius 2 is 1.52 bits per heavy atom. The number of benzene rings is 1. The highest BCUT2D eigenvalue weighted by Gasteiger charge is 2.18. The van der Waals surface area contributed by atoms with Gasteiger partial charge >= 0.3 is 5.97 Å². The Bertz CT molecular complexity index is 497. The highest BCUT2D eigenvalue weighted by molar-refractivity contribution is 5.69. The molecule has 1 rings (SSSR count). The van der Waals surface area contributed by atoms with E-state index in [-0.39, 0.29) is 5.92 Å². The number of hydrogen-bond donors (Lipinski definition) is 1. The van der Waals surface area contributed by atoms with E-state index >= 15 is 0 Å². The molecule has 1 aromatic rings. The van der Waals surface area contributed by atoms with Crippen LogP contribution >= 0.6 is 0 Å². The van der Waals surface area contributed by atoms with Crippen LogP contribution in [-0.2, 0) is 16.1 Å². The molecule has 1 N–H and O–H groups in total. The first-order valence-corrected chi connectivity index (χ1v) is 9.25. The summed E-state index contributed by atoms with van der Waals surface area (Å²) in [5.41, 5.74) is 1.15. The zero-order chi connectivity index (χ0) is 18.8. The van der Waals surface area contributed by atoms with Crippen LogP contribution in [0.1, 0.15) is 52.5 Å². The molecule has 0 aliphatic rings. The zero-order valence-electron chi connectivity index (χ0n) is 16.3. The van der Waals surface area contributed by atoms with Gasteiger partial charge in [0, 0.05) is 6.61 Å². The van der Waals surface area contributed by atoms with Gasteiger partial charge in [-0.05, 0) is 54.7 Å². The summed E-state index contributed by atoms with van der Waals surface area (Å²) in [6.07, 6.45) is 2.93. The van der Waals surface area contributed by atoms with Crippen LogP contribution in [0.5, 0.6) is 5.75 Å². The molecule has 142 valence electrons. The molecule has 0 aliphatic heterocycles. The Balaban J connectivity index is 2.23. The lowest BCUT2D eigenvalue weighted by Crippen LogP contribution is -2.16. The zero-order valence-corrected chi connectivity index (χ0v) is 16.3. The van der Waals surface area contributed by atoms with Gasteiger partial charge in [-0.3, -0.25) is 4.79 Å². The molecule has 0 fully saturated rings. The van der Waals surface area contributed by atoms with Crippen LogP contribution < -0.4 is 4.74 Å². The van der Waals surface area contributed by atoms with E-state index in [9.17, 15) is 4.79 Å². The first kappa shape index (κ1) is 21.5. The Hall–Kier alpha value is -1.55. The van der Waals surface area contributed by atoms with Gasteiger partial charge in [-0.15, -0.1) is 0 Å². The summed E-state index contributed by atoms with van der Waals surface area (Å²) in [5.74, 6) is 1.42. The Kier molecular flexibility index (Phi) is 9.58. The van der Waals surface area contributed by atoms with Crippen LogP contribution in [-0.4, -0.2) is 24.8 Å². The van der Waals surface area contributed by atoms with Crippen molar-refractivity contribution in [3.8, 4) is 5.75 Å². The third-order valence-electron chi connectivity index (χ3n) is 4.62. The van der Waals surface area contributed by atoms with Crippen molar-refractivity contribution >= 4 is 5.97 Å². The molecule has 25 heavy (non-hydrogen) atoms. The largest absolute Gasteiger partial charge is 0.497 e. The fourth-order valence-corrected chi connectivity index (χ4v) is 3.44. The number of hydrogen-bond acceptors (Lipinski definition) is 3. The number of ether oxygens (including phenoxy) is 2. The molecular formula is C21H34O4. The molecule has 0 saturated carbocycles. The fourth-order valence-electron chi connectivity index (χ4n) is 3.44. The molecule has 0 aromatic heterocycles. The standard InChI is InChI=1S/C21H34O4/c1-15(10-16(2)12-18(4)21(22)23)11-17(3)13-25-14-19-6-8-20(24-5)9-7-19/h6-9,15-18H,10-14H2,1-5H3,(H,22,23)/t15-,16+,17+,18+/m1/s1. The first-order chi connectivity index (χ1) is 11.8. The Morgan fingerprint density at radius 1 is 0.960 bits per heavy atom. The molecule has 0 unspecified atom stereocenters. The molecule has 0 heterocycles. The third-order valence-corrected chi connectivity index (χ3v) is 4.62. The molecule has 0 radical (unpaired) electrons. The van der Waals surface area contributed by atoms with E-state index in [1.165, 1.54) is 0 Å². The van der Waals surface area contributed by atoms with Gasteiger partial charge in [-0.1, -0.05) is 39.8 Å². The number of aliphatic carboxylic acids is 1. The van der Waals surface area contributed by atoms with Gasteiger partial charge in [0.25, 0.3) is 0 Å². The summed E-state index contributed by atoms with van der Waals surface area (Å²) in [6, 6.07) is 7.95. The average molecular weight is 350 g/mol. The van der Waals surface area contributed by atoms with E-state index in [0.717, 1.165) is 37.2 Å². The minimum atomic E-state index is -0.695. The van der Waals surface area contributed by atoms with Gasteiger partial charge in [0.05, 0.1) is 19.6 Å². The summed E-state index contributed by atoms with van der Waals surface area (Å²) < 4.78 is 11.0. The van der Waals surface area contributed by atoms with Crippen LogP contribution in [0.3, 0.4) is 0 Å². The van der Waals surface area contributed by atoms with Crippen molar-refractivity contribution in [2.45, 2.75) is 53.6 Å². The van der Waals surface area contributed by atoms with Gasteiger partial charge in [0.1, 0.15) is 5.75 Å². The van der Waals surface area contributed by atoms with Gasteiger partial charge in [-0.2, -0.15) is 0 Å². The van der Waals surface area contributed by atoms with Gasteiger partial charge in [0.15, 0.2) is 0 Å². The second-order valence-electron chi connectivity index (χ2n) is 7.63. The van der Waals surface area contributed by atoms with E-state index in [1.54, 1.807) is 14.0 Å². The van der Waals surface area contributed by atoms with Gasteiger partial charge < -0.3 is 14.6 Å². The number of carboxylic acids is 1. The second-order valence-corrected chi connectivity index (χ2v) is 7.63. The molecule has 0 saturated heterocycles. The van der Waals surface area contributed by atoms with Crippen LogP contribution in [0.4, 0.5) is 0 Å². The maximum Gasteiger partial charge on any atom is 0.306 e. The number of rotatable bonds is 12. The van der Waals surface area contributed by atoms with E-state index in [1.807, 2.05) is 24.3 Å². The van der Waals surface area contributed by atoms with Crippen LogP contribution in [0.25, 0.3) is 0 Å². The maximum absolute atomic E-state index is 10.9. The van der Waals surface area contributed by atoms with Crippen LogP contribution in [0, 0.1) is 23.7 Å². The van der Waals surface area contributed by atoms with Crippen molar-refractivity contribution in [2.24, 2.45) is 23.7 Å². The Morgan fingerprint density at radius 3 is 2.08 bits per heavy atom. The predicted octanol–water partition coefficient (Wildman–Crippen LogP) is 5.01. The summed E-state index contributed by atoms with van der Waals surface area (Å²) in [6.45, 7) is 9.78. The molecular weight excluding hydrogens is 316 g/mol. The van der Waals surface area contributed by atoms with Crippen molar-refractivity contribution in [1.82, 2.24) is 0 Å². The minimum Gasteiger partial charge on any atom is -0.497 e. The van der Waals surface area contributed by atoms with E-state index in [0.29, 0.717) is 24.4 Å². The van der Waals surface area contributed by atoms with Crippen molar-refractivity contribution in [3.05, 3.63) is 29.8 Å². The third kappa shape index (κ3) is 8.92. The minimum absolute atomic E-state index is 0.257. The molecule has 0 spiro atoms. The second kappa shape index (κ2) is 11.1. The summed E-state index contributed by atoms with van der Waals surface area (Å²) in [4.78, 5) is 10.9. The average Bonchev–Trinajstić information content (AvgIpc) is 2.54. The molecule has 0 bridgehead atoms. The van der Waals surface area contributed by atoms with Crippen LogP contribution in [0.15, 0.2) is 24.3 Å². The smallest absolute Gasteiger partial charge is 0.306 e. The highest BCUT2D eigenvalue weighted by Crippen LogP contribution is 2.24. The van der Waals surface area contributed by atoms with Gasteiger partial charge in [-0.25, -0.2) is 0 Å². The quantitative estimate of drug-likeness (QED) is 0.575. The van der Waals surface area contributed by atoms with Crippen LogP contribution in [0.2, 0.25) is 0 Å². The summed E-state index contributed by atoms with van der Waals surface area (Å²) in [5, 5.41) is 9.01. The van der Waals surface area contributed by atoms with Crippen molar-refractivity contribution < 1.29 is 19.4 Å². The molecule has 1 aromatic carbocycles. The number of methoxy groups -OCH3 is 1. The van der Waals surface area contributed by atoms with Crippen molar-refractivity contribution in [1.29, 1.82) is 0 Å². The summed E-state index contributed by atoms with van der Waals surface area (Å²) >= 11 is 0. The number of carbonyl (C=O) groups is 1. The molecule has 4 nitrogen and oxygen atoms in total. The highest BCUT2D eigenvalue weighted by atomic mass is 16.5. The first-order valence-electron chi connectivity index (χ1n) is 9.25. The lowest BCUT2D eigenvalue weighted by Gasteiger charge is -2.21. The maximum atomic E-state index is 10.9. The SMILES string of the molecule is COc1ccc(COC[C@@H](C)C[C@H](C)C[C@H](C)C[C@H](C)C(=O)O)cc1. The predicted molar refractivity (Wildman–Crippen MR) is 101 cm³/mol. The monoisotopic (exact) mass is 350 g/mol. The van der Waals surface area contributed by atoms with Gasteiger partial charge in [0.2, 0.25) is 0 Å². The number of carboxylic acid groups (broad SMARTS) is 1. The normalized spacial score (nSPS) is 16.0. The van der Waals surface area contributed by atoms with E-state index < -0.39 is 5.97 Å². The van der Waals surface area contributed by atoms with E-state index in [4.69, 9.17) is 14.6 Å². The fraction of sp³-hybridized carbons (Fsp3) is 0.667. The molecule has 0 aliphatic carbocycles. The lowest BCUT2D eigenvalue weighted by atomic mass is 9.86. The van der Waals surface area contributed by atoms with Crippen molar-refractivity contribution in [3.63, 3.8) is 0 Å². The molecule has 0 amide bonds. The lowest BCUT2D eigenvalue weighted by molar-refractivity contribution is -0.141. The molecule has 4 atom stereocenters. The topological polar surface area (TPSA) is 55.8 Å². The molecule has 4 heteroatoms. The Labute approximate surface area is 152 Å². The summed E-state index contributed by atoms with van der Waals surface area (Å²) in [7, 11) is 1.66. The van der Waals surface area contributed by atoms with E-state index in [2.05, 4.69) is 20.8 Å².